The number of carbonyl (C=O) groups excluding carboxylic acids is 5. The number of benzene rings is 3. The van der Waals surface area contributed by atoms with Gasteiger partial charge in [0.2, 0.25) is 17.7 Å². The summed E-state index contributed by atoms with van der Waals surface area (Å²) >= 11 is 9.31. The molecule has 648 valence electrons. The summed E-state index contributed by atoms with van der Waals surface area (Å²) in [5, 5.41) is 34.0. The highest BCUT2D eigenvalue weighted by molar-refractivity contribution is 9.69. The van der Waals surface area contributed by atoms with Crippen molar-refractivity contribution in [3.63, 3.8) is 0 Å². The summed E-state index contributed by atoms with van der Waals surface area (Å²) in [6.45, 7) is 12.2. The number of carboxylic acids is 1. The predicted molar refractivity (Wildman–Crippen MR) is 480 cm³/mol. The van der Waals surface area contributed by atoms with E-state index in [0.717, 1.165) is 214 Å². The van der Waals surface area contributed by atoms with E-state index in [-0.39, 0.29) is 69.1 Å². The van der Waals surface area contributed by atoms with E-state index in [2.05, 4.69) is 66.5 Å². The lowest BCUT2D eigenvalue weighted by Crippen LogP contribution is -2.46. The maximum absolute atomic E-state index is 13.9. The maximum Gasteiger partial charge on any atom is 0.369 e. The highest BCUT2D eigenvalue weighted by Gasteiger charge is 2.38. The average molecular weight is 1850 g/mol. The topological polar surface area (TPSA) is 264 Å². The first-order valence-corrected chi connectivity index (χ1v) is 47.1. The van der Waals surface area contributed by atoms with Gasteiger partial charge in [-0.25, -0.2) is 14.4 Å². The lowest BCUT2D eigenvalue weighted by molar-refractivity contribution is -0.134. The molecule has 0 radical (unpaired) electrons. The zero-order valence-corrected chi connectivity index (χ0v) is 75.1. The maximum atomic E-state index is 13.9. The van der Waals surface area contributed by atoms with Gasteiger partial charge in [-0.05, 0) is 244 Å². The molecular weight excluding hydrogens is 1730 g/mol. The third-order valence-corrected chi connectivity index (χ3v) is 27.6. The number of likely N-dealkylation sites (tertiary alicyclic amines) is 6. The van der Waals surface area contributed by atoms with Crippen LogP contribution < -0.4 is 4.74 Å². The Hall–Kier alpha value is -8.28. The molecule has 6 aliphatic heterocycles. The number of esters is 2. The third-order valence-electron chi connectivity index (χ3n) is 27.6. The van der Waals surface area contributed by atoms with E-state index in [0.29, 0.717) is 46.8 Å². The molecule has 6 aromatic heterocycles. The number of hydrogen-bond acceptors (Lipinski definition) is 17. The number of phenols is 2. The second kappa shape index (κ2) is 40.6. The lowest BCUT2D eigenvalue weighted by atomic mass is 9.82. The van der Waals surface area contributed by atoms with Crippen LogP contribution in [0.25, 0.3) is 66.5 Å². The summed E-state index contributed by atoms with van der Waals surface area (Å²) < 4.78 is 38.7. The van der Waals surface area contributed by atoms with Gasteiger partial charge >= 0.3 is 21.1 Å². The van der Waals surface area contributed by atoms with Gasteiger partial charge < -0.3 is 85.9 Å². The van der Waals surface area contributed by atoms with Gasteiger partial charge in [-0.2, -0.15) is 0 Å². The Bertz CT molecular complexity index is 5040. The molecule has 28 heteroatoms. The summed E-state index contributed by atoms with van der Waals surface area (Å²) in [5.41, 5.74) is 11.7. The van der Waals surface area contributed by atoms with Gasteiger partial charge in [0, 0.05) is 90.2 Å². The Kier molecular flexibility index (Phi) is 29.4. The number of piperidine rings is 3. The van der Waals surface area contributed by atoms with Crippen LogP contribution in [0.3, 0.4) is 0 Å². The number of aromatic carboxylic acids is 1. The zero-order valence-electron chi connectivity index (χ0n) is 70.3. The minimum absolute atomic E-state index is 0.0478. The summed E-state index contributed by atoms with van der Waals surface area (Å²) in [7, 11) is 4.27. The van der Waals surface area contributed by atoms with Crippen molar-refractivity contribution in [1.82, 2.24) is 43.1 Å². The van der Waals surface area contributed by atoms with Crippen molar-refractivity contribution in [2.24, 2.45) is 0 Å². The van der Waals surface area contributed by atoms with Crippen LogP contribution >= 0.6 is 47.3 Å². The van der Waals surface area contributed by atoms with Crippen LogP contribution in [0.4, 0.5) is 0 Å². The molecule has 9 aliphatic rings. The van der Waals surface area contributed by atoms with Crippen LogP contribution in [0.1, 0.15) is 239 Å². The molecule has 3 saturated carbocycles. The zero-order chi connectivity index (χ0) is 84.4. The van der Waals surface area contributed by atoms with Crippen molar-refractivity contribution in [3.8, 4) is 51.0 Å². The highest BCUT2D eigenvalue weighted by Crippen LogP contribution is 2.50. The number of fused-ring (bicyclic) bond motifs is 3. The minimum Gasteiger partial charge on any atom is -0.507 e. The molecule has 0 atom stereocenters. The largest absolute Gasteiger partial charge is 0.507 e. The number of rotatable bonds is 19. The van der Waals surface area contributed by atoms with Crippen LogP contribution in [0.2, 0.25) is 0 Å². The summed E-state index contributed by atoms with van der Waals surface area (Å²) in [4.78, 5) is 92.5. The van der Waals surface area contributed by atoms with E-state index in [1.54, 1.807) is 62.9 Å². The van der Waals surface area contributed by atoms with E-state index < -0.39 is 17.9 Å². The Morgan fingerprint density at radius 2 is 0.678 bits per heavy atom. The number of aromatic hydroxyl groups is 2. The quantitative estimate of drug-likeness (QED) is 0.0502. The van der Waals surface area contributed by atoms with Gasteiger partial charge in [0.1, 0.15) is 53.6 Å². The first-order valence-electron chi connectivity index (χ1n) is 44.4. The van der Waals surface area contributed by atoms with Crippen LogP contribution in [0, 0.1) is 0 Å². The molecule has 18 rings (SSSR count). The highest BCUT2D eigenvalue weighted by atomic mass is 79.9. The number of phenolic OH excluding ortho intramolecular Hbond substituents is 1. The van der Waals surface area contributed by atoms with Gasteiger partial charge in [0.25, 0.3) is 0 Å². The summed E-state index contributed by atoms with van der Waals surface area (Å²) in [6.07, 6.45) is 40.9. The Labute approximate surface area is 733 Å². The molecule has 0 bridgehead atoms. The van der Waals surface area contributed by atoms with E-state index in [1.807, 2.05) is 54.2 Å². The first kappa shape index (κ1) is 87.6. The van der Waals surface area contributed by atoms with Crippen LogP contribution in [-0.4, -0.2) is 215 Å². The van der Waals surface area contributed by atoms with E-state index in [4.69, 9.17) is 27.5 Å². The molecule has 9 fully saturated rings. The number of hydrogen-bond donors (Lipinski definition) is 3. The number of aromatic nitrogens is 3. The van der Waals surface area contributed by atoms with Crippen molar-refractivity contribution >= 4 is 119 Å². The molecule has 3 amide bonds. The fourth-order valence-electron chi connectivity index (χ4n) is 21.6. The number of methoxy groups -OCH3 is 3. The smallest absolute Gasteiger partial charge is 0.369 e. The molecular formula is C93H117BBr3N9O15. The third kappa shape index (κ3) is 19.6. The Morgan fingerprint density at radius 1 is 0.388 bits per heavy atom. The SMILES string of the molecule is BrB(Br)Br.COC(=O)c1cc2c(cc1O)c(C1CCCCC1)c(-c1ccoc1)n2CC(=O)N1CCC(N2CCCC2)CC1.COC(=O)c1cc2c(cc1OC)c(C1CCCCC1)c(-c1ccoc1)n2CC(=O)N1CCC(N2CCCC2)CC1.O=C(O)c1cc2c(cc1O)c(C1CCCCC1)c(-c1ccoc1)n2CC(=O)N1CCC(N2CCCC2)CC1. The minimum atomic E-state index is -1.18. The standard InChI is InChI=1S/C32H41N3O5.C31H39N3O5.C30H37N3O5.BBr3/c1-38-28-19-25-27(18-26(28)32(37)39-2)35(20-29(36)34-15-10-24(11-16-34)33-13-6-7-14-33)31(23-12-17-40-21-23)30(25)22-8-4-3-5-9-22;1-38-31(37)25-17-26-24(18-27(25)35)29(21-7-3-2-4-8-21)30(22-11-16-39-20-22)34(26)19-28(36)33-14-9-23(10-15-33)32-12-5-6-13-32;34-26-17-23-25(16-24(26)30(36)37)33(18-27(35)32-13-8-22(9-14-32)31-11-4-5-12-31)29(21-10-15-38-19-21)28(23)20-6-2-1-3-7-20;2-1(3)4/h12,17-19,21-22,24H,3-11,13-16,20H2,1-2H3;11,16-18,20-21,23,35H,2-10,12-15,19H2,1H3;10,15-17,19-20,22,34H,1-9,11-14,18H2,(H,36,37);. The van der Waals surface area contributed by atoms with Crippen LogP contribution in [-0.2, 0) is 43.5 Å². The molecule has 3 aromatic carbocycles. The molecule has 3 N–H and O–H groups in total. The first-order chi connectivity index (χ1) is 58.9. The Morgan fingerprint density at radius 3 is 0.967 bits per heavy atom. The molecule has 12 heterocycles. The van der Waals surface area contributed by atoms with E-state index in [9.17, 15) is 44.1 Å². The fourth-order valence-corrected chi connectivity index (χ4v) is 21.6. The molecule has 3 aliphatic carbocycles. The monoisotopic (exact) mass is 1850 g/mol. The van der Waals surface area contributed by atoms with Crippen molar-refractivity contribution in [2.45, 2.75) is 229 Å². The molecule has 6 saturated heterocycles. The number of furan rings is 3. The molecule has 0 spiro atoms. The predicted octanol–water partition coefficient (Wildman–Crippen LogP) is 19.0. The van der Waals surface area contributed by atoms with Gasteiger partial charge in [0.15, 0.2) is 0 Å². The number of amides is 3. The summed E-state index contributed by atoms with van der Waals surface area (Å²) in [6, 6.07) is 17.9. The second-order valence-electron chi connectivity index (χ2n) is 34.5. The molecule has 0 unspecified atom stereocenters. The Balaban J connectivity index is 0.000000138. The molecule has 121 heavy (non-hydrogen) atoms. The molecule has 9 aromatic rings. The van der Waals surface area contributed by atoms with E-state index >= 15 is 0 Å². The van der Waals surface area contributed by atoms with Crippen LogP contribution in [0.15, 0.2) is 105 Å². The molecule has 24 nitrogen and oxygen atoms in total. The number of ether oxygens (including phenoxy) is 3. The normalized spacial score (nSPS) is 19.2. The van der Waals surface area contributed by atoms with Crippen molar-refractivity contribution in [3.05, 3.63) is 126 Å². The average Bonchev–Trinajstić information content (AvgIpc) is 1.59. The fraction of sp³-hybridized carbons (Fsp3) is 0.548. The van der Waals surface area contributed by atoms with E-state index in [1.165, 1.54) is 136 Å². The van der Waals surface area contributed by atoms with Crippen LogP contribution in [0.5, 0.6) is 17.2 Å². The number of carboxylic acid groups (broad SMARTS) is 1. The summed E-state index contributed by atoms with van der Waals surface area (Å²) in [5.74, 6) is -0.890. The number of nitrogens with zero attached hydrogens (tertiary/aromatic N) is 9. The van der Waals surface area contributed by atoms with Crippen molar-refractivity contribution < 1.29 is 71.5 Å². The van der Waals surface area contributed by atoms with Gasteiger partial charge in [0.05, 0.1) is 92.5 Å². The number of carbonyl (C=O) groups is 6. The second-order valence-corrected chi connectivity index (χ2v) is 41.0. The van der Waals surface area contributed by atoms with Gasteiger partial charge in [-0.3, -0.25) is 14.4 Å². The van der Waals surface area contributed by atoms with Gasteiger partial charge in [-0.1, -0.05) is 57.8 Å². The van der Waals surface area contributed by atoms with Crippen molar-refractivity contribution in [2.75, 3.05) is 99.9 Å². The number of halogens is 3. The van der Waals surface area contributed by atoms with Gasteiger partial charge in [-0.15, -0.1) is 47.3 Å². The lowest BCUT2D eigenvalue weighted by Gasteiger charge is -2.36. The van der Waals surface area contributed by atoms with Crippen molar-refractivity contribution in [1.29, 1.82) is 0 Å².